The minimum atomic E-state index is -4.50. The van der Waals surface area contributed by atoms with Gasteiger partial charge in [0.25, 0.3) is 11.8 Å². The third-order valence-corrected chi connectivity index (χ3v) is 7.61. The van der Waals surface area contributed by atoms with Gasteiger partial charge in [0.05, 0.1) is 39.1 Å². The van der Waals surface area contributed by atoms with E-state index in [-0.39, 0.29) is 11.1 Å². The average Bonchev–Trinajstić information content (AvgIpc) is 3.43. The fraction of sp³-hybridized carbons (Fsp3) is 0.0588. The number of fused-ring (bicyclic) bond motifs is 4. The number of anilines is 1. The molecule has 0 spiro atoms. The van der Waals surface area contributed by atoms with Crippen LogP contribution in [0.1, 0.15) is 31.8 Å². The molecule has 0 bridgehead atoms. The van der Waals surface area contributed by atoms with E-state index in [1.165, 1.54) is 11.0 Å². The molecule has 2 heterocycles. The Labute approximate surface area is 232 Å². The minimum absolute atomic E-state index is 0.208. The zero-order valence-corrected chi connectivity index (χ0v) is 21.7. The number of hydrogen-bond donors (Lipinski definition) is 0. The van der Waals surface area contributed by atoms with E-state index in [1.54, 1.807) is 34.9 Å². The molecule has 1 aromatic heterocycles. The molecule has 0 fully saturated rings. The second-order valence-electron chi connectivity index (χ2n) is 10.1. The van der Waals surface area contributed by atoms with Crippen molar-refractivity contribution < 1.29 is 22.8 Å². The van der Waals surface area contributed by atoms with Gasteiger partial charge in [0, 0.05) is 16.3 Å². The Morgan fingerprint density at radius 3 is 2.00 bits per heavy atom. The van der Waals surface area contributed by atoms with Crippen molar-refractivity contribution in [2.24, 2.45) is 0 Å². The highest BCUT2D eigenvalue weighted by Gasteiger charge is 2.40. The number of nitrogens with zero attached hydrogens (tertiary/aromatic N) is 2. The van der Waals surface area contributed by atoms with Crippen LogP contribution in [0.15, 0.2) is 109 Å². The van der Waals surface area contributed by atoms with E-state index in [9.17, 15) is 22.8 Å². The van der Waals surface area contributed by atoms with Gasteiger partial charge in [0.1, 0.15) is 0 Å². The van der Waals surface area contributed by atoms with E-state index in [0.29, 0.717) is 33.2 Å². The normalized spacial score (nSPS) is 13.4. The Kier molecular flexibility index (Phi) is 5.41. The monoisotopic (exact) mass is 546 g/mol. The highest BCUT2D eigenvalue weighted by atomic mass is 19.4. The van der Waals surface area contributed by atoms with Crippen molar-refractivity contribution in [3.05, 3.63) is 131 Å². The average molecular weight is 547 g/mol. The first-order valence-electron chi connectivity index (χ1n) is 13.0. The number of carbonyl (C=O) groups excluding carboxylic acids is 2. The Morgan fingerprint density at radius 1 is 0.610 bits per heavy atom. The Morgan fingerprint density at radius 2 is 1.24 bits per heavy atom. The van der Waals surface area contributed by atoms with Gasteiger partial charge in [-0.3, -0.25) is 9.59 Å². The fourth-order valence-electron chi connectivity index (χ4n) is 5.78. The number of carbonyl (C=O) groups is 2. The van der Waals surface area contributed by atoms with Crippen LogP contribution >= 0.6 is 0 Å². The molecule has 2 amide bonds. The van der Waals surface area contributed by atoms with Crippen LogP contribution in [-0.2, 0) is 6.18 Å². The SMILES string of the molecule is Cc1ccc2c(c1)c1cc(C(F)(F)F)ccc1n2-c1cccc2c1C(=O)N(c1ccccc1-c1ccccc1)C2=O. The summed E-state index contributed by atoms with van der Waals surface area (Å²) in [5.74, 6) is -0.941. The van der Waals surface area contributed by atoms with Crippen LogP contribution in [0.4, 0.5) is 18.9 Å². The van der Waals surface area contributed by atoms with E-state index in [4.69, 9.17) is 0 Å². The van der Waals surface area contributed by atoms with Gasteiger partial charge in [-0.25, -0.2) is 4.90 Å². The lowest BCUT2D eigenvalue weighted by molar-refractivity contribution is -0.137. The lowest BCUT2D eigenvalue weighted by Crippen LogP contribution is -2.30. The van der Waals surface area contributed by atoms with Crippen LogP contribution in [0, 0.1) is 6.92 Å². The second-order valence-corrected chi connectivity index (χ2v) is 10.1. The van der Waals surface area contributed by atoms with Gasteiger partial charge in [-0.1, -0.05) is 66.2 Å². The van der Waals surface area contributed by atoms with Gasteiger partial charge < -0.3 is 4.57 Å². The van der Waals surface area contributed by atoms with Gasteiger partial charge >= 0.3 is 6.18 Å². The lowest BCUT2D eigenvalue weighted by Gasteiger charge is -2.18. The third-order valence-electron chi connectivity index (χ3n) is 7.61. The molecule has 0 N–H and O–H groups in total. The summed E-state index contributed by atoms with van der Waals surface area (Å²) in [4.78, 5) is 29.2. The summed E-state index contributed by atoms with van der Waals surface area (Å²) in [7, 11) is 0. The van der Waals surface area contributed by atoms with E-state index in [0.717, 1.165) is 28.8 Å². The number of amides is 2. The zero-order chi connectivity index (χ0) is 28.5. The first-order chi connectivity index (χ1) is 19.7. The molecule has 1 aliphatic heterocycles. The molecular formula is C34H21F3N2O2. The van der Waals surface area contributed by atoms with Crippen molar-refractivity contribution in [3.8, 4) is 16.8 Å². The molecule has 4 nitrogen and oxygen atoms in total. The lowest BCUT2D eigenvalue weighted by atomic mass is 10.0. The maximum Gasteiger partial charge on any atom is 0.416 e. The topological polar surface area (TPSA) is 42.3 Å². The van der Waals surface area contributed by atoms with Crippen molar-refractivity contribution in [1.82, 2.24) is 4.57 Å². The number of halogens is 3. The molecule has 7 rings (SSSR count). The smallest absolute Gasteiger partial charge is 0.308 e. The predicted octanol–water partition coefficient (Wildman–Crippen LogP) is 8.58. The standard InChI is InChI=1S/C34H21F3N2O2/c1-20-14-16-28-25(18-20)26-19-22(34(35,36)37)15-17-29(26)38(28)30-13-7-11-24-31(30)33(41)39(32(24)40)27-12-6-5-10-23(27)21-8-3-2-4-9-21/h2-19H,1H3. The summed E-state index contributed by atoms with van der Waals surface area (Å²) in [6, 6.07) is 30.9. The maximum absolute atomic E-state index is 14.2. The van der Waals surface area contributed by atoms with Gasteiger partial charge in [-0.15, -0.1) is 0 Å². The van der Waals surface area contributed by atoms with Crippen molar-refractivity contribution in [2.45, 2.75) is 13.1 Å². The summed E-state index contributed by atoms with van der Waals surface area (Å²) < 4.78 is 42.8. The molecule has 200 valence electrons. The third kappa shape index (κ3) is 3.77. The number of aromatic nitrogens is 1. The van der Waals surface area contributed by atoms with Crippen molar-refractivity contribution in [1.29, 1.82) is 0 Å². The van der Waals surface area contributed by atoms with Crippen LogP contribution in [0.5, 0.6) is 0 Å². The van der Waals surface area contributed by atoms with Gasteiger partial charge in [-0.05, 0) is 61.0 Å². The van der Waals surface area contributed by atoms with Crippen LogP contribution < -0.4 is 4.90 Å². The van der Waals surface area contributed by atoms with Gasteiger partial charge in [0.2, 0.25) is 0 Å². The zero-order valence-electron chi connectivity index (χ0n) is 21.7. The quantitative estimate of drug-likeness (QED) is 0.209. The summed E-state index contributed by atoms with van der Waals surface area (Å²) in [6.07, 6.45) is -4.50. The van der Waals surface area contributed by atoms with Crippen molar-refractivity contribution >= 4 is 39.3 Å². The van der Waals surface area contributed by atoms with Crippen LogP contribution in [0.2, 0.25) is 0 Å². The van der Waals surface area contributed by atoms with E-state index in [2.05, 4.69) is 0 Å². The number of para-hydroxylation sites is 1. The largest absolute Gasteiger partial charge is 0.416 e. The van der Waals surface area contributed by atoms with Crippen LogP contribution in [-0.4, -0.2) is 16.4 Å². The molecule has 0 atom stereocenters. The summed E-state index contributed by atoms with van der Waals surface area (Å²) in [5, 5.41) is 1.05. The fourth-order valence-corrected chi connectivity index (χ4v) is 5.78. The molecular weight excluding hydrogens is 525 g/mol. The minimum Gasteiger partial charge on any atom is -0.308 e. The molecule has 6 aromatic rings. The van der Waals surface area contributed by atoms with Crippen molar-refractivity contribution in [2.75, 3.05) is 4.90 Å². The van der Waals surface area contributed by atoms with E-state index >= 15 is 0 Å². The first kappa shape index (κ1) is 24.8. The summed E-state index contributed by atoms with van der Waals surface area (Å²) in [6.45, 7) is 1.88. The maximum atomic E-state index is 14.2. The first-order valence-corrected chi connectivity index (χ1v) is 13.0. The number of rotatable bonds is 3. The van der Waals surface area contributed by atoms with Crippen LogP contribution in [0.3, 0.4) is 0 Å². The molecule has 0 saturated carbocycles. The molecule has 0 radical (unpaired) electrons. The van der Waals surface area contributed by atoms with Crippen LogP contribution in [0.25, 0.3) is 38.6 Å². The molecule has 0 saturated heterocycles. The highest BCUT2D eigenvalue weighted by molar-refractivity contribution is 6.36. The van der Waals surface area contributed by atoms with Gasteiger partial charge in [0.15, 0.2) is 0 Å². The molecule has 5 aromatic carbocycles. The second kappa shape index (κ2) is 8.93. The van der Waals surface area contributed by atoms with Gasteiger partial charge in [-0.2, -0.15) is 13.2 Å². The van der Waals surface area contributed by atoms with Crippen molar-refractivity contribution in [3.63, 3.8) is 0 Å². The summed E-state index contributed by atoms with van der Waals surface area (Å²) >= 11 is 0. The number of imide groups is 1. The Bertz CT molecular complexity index is 2040. The Hall–Kier alpha value is -5.17. The predicted molar refractivity (Wildman–Crippen MR) is 154 cm³/mol. The molecule has 0 aliphatic carbocycles. The molecule has 41 heavy (non-hydrogen) atoms. The number of benzene rings is 5. The molecule has 1 aliphatic rings. The Balaban J connectivity index is 1.46. The number of alkyl halides is 3. The van der Waals surface area contributed by atoms with E-state index in [1.807, 2.05) is 67.6 Å². The highest BCUT2D eigenvalue weighted by Crippen LogP contribution is 2.41. The summed E-state index contributed by atoms with van der Waals surface area (Å²) in [5.41, 5.74) is 4.23. The van der Waals surface area contributed by atoms with E-state index < -0.39 is 23.6 Å². The molecule has 7 heteroatoms. The molecule has 0 unspecified atom stereocenters. The number of aryl methyl sites for hydroxylation is 1. The number of hydrogen-bond acceptors (Lipinski definition) is 2.